The SMILES string of the molecule is N#Cc1ccc(OCCS(=O)(=O)c2ccc(F)cc2)cc1. The first kappa shape index (κ1) is 15.0. The Kier molecular flexibility index (Phi) is 4.55. The van der Waals surface area contributed by atoms with E-state index in [9.17, 15) is 12.8 Å². The van der Waals surface area contributed by atoms with Gasteiger partial charge >= 0.3 is 0 Å². The maximum atomic E-state index is 12.8. The molecular weight excluding hydrogens is 293 g/mol. The van der Waals surface area contributed by atoms with Gasteiger partial charge in [-0.1, -0.05) is 0 Å². The van der Waals surface area contributed by atoms with Crippen molar-refractivity contribution in [2.45, 2.75) is 4.90 Å². The number of nitriles is 1. The van der Waals surface area contributed by atoms with Crippen LogP contribution in [0.3, 0.4) is 0 Å². The van der Waals surface area contributed by atoms with Crippen molar-refractivity contribution in [2.24, 2.45) is 0 Å². The molecule has 21 heavy (non-hydrogen) atoms. The Hall–Kier alpha value is -2.39. The fourth-order valence-electron chi connectivity index (χ4n) is 1.65. The summed E-state index contributed by atoms with van der Waals surface area (Å²) in [6, 6.07) is 13.0. The summed E-state index contributed by atoms with van der Waals surface area (Å²) in [6.07, 6.45) is 0. The van der Waals surface area contributed by atoms with Crippen molar-refractivity contribution in [2.75, 3.05) is 12.4 Å². The summed E-state index contributed by atoms with van der Waals surface area (Å²) in [5.41, 5.74) is 0.501. The lowest BCUT2D eigenvalue weighted by molar-refractivity contribution is 0.341. The molecule has 0 aliphatic carbocycles. The molecule has 0 radical (unpaired) electrons. The van der Waals surface area contributed by atoms with E-state index in [0.29, 0.717) is 11.3 Å². The van der Waals surface area contributed by atoms with Crippen molar-refractivity contribution in [1.82, 2.24) is 0 Å². The van der Waals surface area contributed by atoms with E-state index in [1.54, 1.807) is 24.3 Å². The highest BCUT2D eigenvalue weighted by Crippen LogP contribution is 2.14. The highest BCUT2D eigenvalue weighted by molar-refractivity contribution is 7.91. The second-order valence-electron chi connectivity index (χ2n) is 4.26. The van der Waals surface area contributed by atoms with Crippen LogP contribution in [-0.4, -0.2) is 20.8 Å². The molecule has 0 spiro atoms. The van der Waals surface area contributed by atoms with Gasteiger partial charge < -0.3 is 4.74 Å². The predicted molar refractivity (Wildman–Crippen MR) is 75.1 cm³/mol. The summed E-state index contributed by atoms with van der Waals surface area (Å²) in [5, 5.41) is 8.66. The van der Waals surface area contributed by atoms with Gasteiger partial charge in [0.05, 0.1) is 22.3 Å². The zero-order valence-corrected chi connectivity index (χ0v) is 11.8. The van der Waals surface area contributed by atoms with Crippen molar-refractivity contribution in [3.8, 4) is 11.8 Å². The van der Waals surface area contributed by atoms with Crippen molar-refractivity contribution < 1.29 is 17.5 Å². The summed E-state index contributed by atoms with van der Waals surface area (Å²) in [7, 11) is -3.50. The Morgan fingerprint density at radius 3 is 2.24 bits per heavy atom. The molecule has 2 aromatic rings. The van der Waals surface area contributed by atoms with Crippen molar-refractivity contribution >= 4 is 9.84 Å². The van der Waals surface area contributed by atoms with Gasteiger partial charge in [-0.25, -0.2) is 12.8 Å². The third-order valence-electron chi connectivity index (χ3n) is 2.78. The molecule has 2 rings (SSSR count). The number of hydrogen-bond acceptors (Lipinski definition) is 4. The van der Waals surface area contributed by atoms with Crippen molar-refractivity contribution in [3.63, 3.8) is 0 Å². The smallest absolute Gasteiger partial charge is 0.181 e. The maximum absolute atomic E-state index is 12.8. The summed E-state index contributed by atoms with van der Waals surface area (Å²) in [5.74, 6) is -0.204. The molecule has 0 heterocycles. The number of ether oxygens (including phenoxy) is 1. The minimum Gasteiger partial charge on any atom is -0.493 e. The highest BCUT2D eigenvalue weighted by Gasteiger charge is 2.14. The molecule has 0 fully saturated rings. The van der Waals surface area contributed by atoms with Crippen LogP contribution in [0.25, 0.3) is 0 Å². The summed E-state index contributed by atoms with van der Waals surface area (Å²) >= 11 is 0. The largest absolute Gasteiger partial charge is 0.493 e. The van der Waals surface area contributed by atoms with Gasteiger partial charge in [0, 0.05) is 0 Å². The third kappa shape index (κ3) is 4.04. The van der Waals surface area contributed by atoms with Crippen LogP contribution in [0.1, 0.15) is 5.56 Å². The molecule has 0 saturated carbocycles. The average molecular weight is 305 g/mol. The van der Waals surface area contributed by atoms with Crippen LogP contribution in [0, 0.1) is 17.1 Å². The Labute approximate surface area is 122 Å². The number of rotatable bonds is 5. The standard InChI is InChI=1S/C15H12FNO3S/c16-13-3-7-15(8-4-13)21(18,19)10-9-20-14-5-1-12(11-17)2-6-14/h1-8H,9-10H2. The van der Waals surface area contributed by atoms with E-state index in [1.165, 1.54) is 12.1 Å². The van der Waals surface area contributed by atoms with E-state index in [4.69, 9.17) is 10.00 Å². The molecule has 4 nitrogen and oxygen atoms in total. The fraction of sp³-hybridized carbons (Fsp3) is 0.133. The van der Waals surface area contributed by atoms with Crippen molar-refractivity contribution in [1.29, 1.82) is 5.26 Å². The molecule has 0 unspecified atom stereocenters. The number of nitrogens with zero attached hydrogens (tertiary/aromatic N) is 1. The number of hydrogen-bond donors (Lipinski definition) is 0. The molecule has 0 saturated heterocycles. The normalized spacial score (nSPS) is 10.9. The van der Waals surface area contributed by atoms with Crippen LogP contribution in [0.5, 0.6) is 5.75 Å². The van der Waals surface area contributed by atoms with E-state index < -0.39 is 15.7 Å². The van der Waals surface area contributed by atoms with E-state index in [-0.39, 0.29) is 17.3 Å². The van der Waals surface area contributed by atoms with Crippen LogP contribution in [0.15, 0.2) is 53.4 Å². The van der Waals surface area contributed by atoms with E-state index in [0.717, 1.165) is 12.1 Å². The molecule has 0 aliphatic heterocycles. The summed E-state index contributed by atoms with van der Waals surface area (Å²) in [6.45, 7) is -0.0222. The monoisotopic (exact) mass is 305 g/mol. The first-order chi connectivity index (χ1) is 10.0. The van der Waals surface area contributed by atoms with Crippen LogP contribution in [0.2, 0.25) is 0 Å². The molecule has 0 N–H and O–H groups in total. The van der Waals surface area contributed by atoms with Gasteiger partial charge in [-0.15, -0.1) is 0 Å². The predicted octanol–water partition coefficient (Wildman–Crippen LogP) is 2.55. The Morgan fingerprint density at radius 1 is 1.05 bits per heavy atom. The number of halogens is 1. The number of sulfone groups is 1. The molecule has 0 aliphatic rings. The summed E-state index contributed by atoms with van der Waals surface area (Å²) in [4.78, 5) is 0.0623. The first-order valence-corrected chi connectivity index (χ1v) is 7.78. The first-order valence-electron chi connectivity index (χ1n) is 6.12. The van der Waals surface area contributed by atoms with Crippen LogP contribution < -0.4 is 4.74 Å². The molecule has 6 heteroatoms. The van der Waals surface area contributed by atoms with Gasteiger partial charge in [0.1, 0.15) is 18.2 Å². The lowest BCUT2D eigenvalue weighted by Crippen LogP contribution is -2.14. The molecule has 0 bridgehead atoms. The van der Waals surface area contributed by atoms with Crippen LogP contribution in [-0.2, 0) is 9.84 Å². The molecule has 108 valence electrons. The Bertz CT molecular complexity index is 747. The maximum Gasteiger partial charge on any atom is 0.181 e. The highest BCUT2D eigenvalue weighted by atomic mass is 32.2. The quantitative estimate of drug-likeness (QED) is 0.796. The van der Waals surface area contributed by atoms with Gasteiger partial charge in [-0.05, 0) is 48.5 Å². The lowest BCUT2D eigenvalue weighted by Gasteiger charge is -2.07. The lowest BCUT2D eigenvalue weighted by atomic mass is 10.2. The zero-order valence-electron chi connectivity index (χ0n) is 11.0. The van der Waals surface area contributed by atoms with Gasteiger partial charge in [0.2, 0.25) is 0 Å². The minimum atomic E-state index is -3.50. The van der Waals surface area contributed by atoms with Crippen molar-refractivity contribution in [3.05, 3.63) is 59.9 Å². The molecule has 2 aromatic carbocycles. The fourth-order valence-corrected chi connectivity index (χ4v) is 2.74. The minimum absolute atomic E-state index is 0.0222. The molecule has 0 amide bonds. The topological polar surface area (TPSA) is 67.2 Å². The Morgan fingerprint density at radius 2 is 1.67 bits per heavy atom. The van der Waals surface area contributed by atoms with E-state index in [2.05, 4.69) is 0 Å². The van der Waals surface area contributed by atoms with Gasteiger partial charge in [-0.2, -0.15) is 5.26 Å². The molecule has 0 aromatic heterocycles. The van der Waals surface area contributed by atoms with Crippen LogP contribution in [0.4, 0.5) is 4.39 Å². The second kappa shape index (κ2) is 6.37. The second-order valence-corrected chi connectivity index (χ2v) is 6.37. The Balaban J connectivity index is 1.95. The molecular formula is C15H12FNO3S. The summed E-state index contributed by atoms with van der Waals surface area (Å²) < 4.78 is 42.1. The molecule has 0 atom stereocenters. The van der Waals surface area contributed by atoms with Crippen LogP contribution >= 0.6 is 0 Å². The van der Waals surface area contributed by atoms with E-state index >= 15 is 0 Å². The van der Waals surface area contributed by atoms with E-state index in [1.807, 2.05) is 6.07 Å². The van der Waals surface area contributed by atoms with Gasteiger partial charge in [0.25, 0.3) is 0 Å². The zero-order chi connectivity index (χ0) is 15.3. The van der Waals surface area contributed by atoms with Gasteiger partial charge in [0.15, 0.2) is 9.84 Å². The average Bonchev–Trinajstić information content (AvgIpc) is 2.48. The third-order valence-corrected chi connectivity index (χ3v) is 4.47. The van der Waals surface area contributed by atoms with Gasteiger partial charge in [-0.3, -0.25) is 0 Å². The number of benzene rings is 2.